The lowest BCUT2D eigenvalue weighted by atomic mass is 10.1. The molecule has 3 N–H and O–H groups in total. The highest BCUT2D eigenvalue weighted by Gasteiger charge is 2.34. The van der Waals surface area contributed by atoms with Gasteiger partial charge < -0.3 is 35.1 Å². The van der Waals surface area contributed by atoms with E-state index in [1.807, 2.05) is 0 Å². The van der Waals surface area contributed by atoms with Gasteiger partial charge in [0.25, 0.3) is 17.7 Å². The quantitative estimate of drug-likeness (QED) is 0.138. The number of methoxy groups -OCH3 is 2. The first kappa shape index (κ1) is 37.8. The van der Waals surface area contributed by atoms with Crippen LogP contribution in [0.4, 0.5) is 26.0 Å². The fourth-order valence-corrected chi connectivity index (χ4v) is 6.49. The zero-order chi connectivity index (χ0) is 39.2. The number of halogens is 2. The molecular formula is C41H39F2N7O6. The summed E-state index contributed by atoms with van der Waals surface area (Å²) in [7, 11) is 3.06. The van der Waals surface area contributed by atoms with Gasteiger partial charge >= 0.3 is 0 Å². The number of carbonyl (C=O) groups excluding carboxylic acids is 3. The summed E-state index contributed by atoms with van der Waals surface area (Å²) in [4.78, 5) is 52.3. The minimum atomic E-state index is -0.854. The molecule has 7 rings (SSSR count). The van der Waals surface area contributed by atoms with Gasteiger partial charge in [0, 0.05) is 60.3 Å². The molecule has 0 spiro atoms. The Hall–Kier alpha value is -6.45. The number of hydrogen-bond donors (Lipinski definition) is 3. The number of morpholine rings is 1. The molecule has 0 radical (unpaired) electrons. The summed E-state index contributed by atoms with van der Waals surface area (Å²) in [5.74, 6) is -1.77. The Bertz CT molecular complexity index is 2230. The number of benzene rings is 4. The van der Waals surface area contributed by atoms with Crippen LogP contribution in [0.5, 0.6) is 11.5 Å². The molecule has 2 aliphatic rings. The first-order valence-corrected chi connectivity index (χ1v) is 17.9. The maximum atomic E-state index is 15.0. The molecule has 1 aromatic heterocycles. The Balaban J connectivity index is 1.05. The Labute approximate surface area is 321 Å². The summed E-state index contributed by atoms with van der Waals surface area (Å²) in [6.45, 7) is 4.53. The number of carbonyl (C=O) groups is 3. The fraction of sp³-hybridized carbons (Fsp3) is 0.244. The molecule has 15 heteroatoms. The molecule has 288 valence electrons. The molecule has 0 unspecified atom stereocenters. The first-order valence-electron chi connectivity index (χ1n) is 17.9. The van der Waals surface area contributed by atoms with Crippen molar-refractivity contribution in [3.63, 3.8) is 0 Å². The first-order chi connectivity index (χ1) is 27.2. The van der Waals surface area contributed by atoms with Gasteiger partial charge in [0.1, 0.15) is 34.5 Å². The van der Waals surface area contributed by atoms with Gasteiger partial charge in [0.15, 0.2) is 5.82 Å². The third kappa shape index (κ3) is 8.43. The lowest BCUT2D eigenvalue weighted by Gasteiger charge is -2.26. The van der Waals surface area contributed by atoms with Crippen molar-refractivity contribution in [3.8, 4) is 22.9 Å². The minimum absolute atomic E-state index is 0.0450. The molecular weight excluding hydrogens is 724 g/mol. The van der Waals surface area contributed by atoms with Crippen LogP contribution in [0.3, 0.4) is 0 Å². The van der Waals surface area contributed by atoms with E-state index in [1.165, 1.54) is 18.1 Å². The van der Waals surface area contributed by atoms with Crippen molar-refractivity contribution in [1.29, 1.82) is 0 Å². The van der Waals surface area contributed by atoms with Gasteiger partial charge in [-0.2, -0.15) is 0 Å². The van der Waals surface area contributed by atoms with Crippen LogP contribution in [0, 0.1) is 11.6 Å². The van der Waals surface area contributed by atoms with Crippen LogP contribution in [0.2, 0.25) is 0 Å². The third-order valence-electron chi connectivity index (χ3n) is 9.50. The van der Waals surface area contributed by atoms with Crippen LogP contribution < -0.4 is 25.4 Å². The highest BCUT2D eigenvalue weighted by molar-refractivity contribution is 6.05. The van der Waals surface area contributed by atoms with Crippen molar-refractivity contribution < 1.29 is 37.4 Å². The van der Waals surface area contributed by atoms with Gasteiger partial charge in [-0.15, -0.1) is 0 Å². The summed E-state index contributed by atoms with van der Waals surface area (Å²) in [6.07, 6.45) is 0. The fourth-order valence-electron chi connectivity index (χ4n) is 6.49. The molecule has 0 atom stereocenters. The number of nitrogens with one attached hydrogen (secondary N) is 3. The van der Waals surface area contributed by atoms with Gasteiger partial charge in [-0.25, -0.2) is 18.7 Å². The average Bonchev–Trinajstić information content (AvgIpc) is 3.53. The van der Waals surface area contributed by atoms with Crippen molar-refractivity contribution >= 4 is 34.9 Å². The van der Waals surface area contributed by atoms with Crippen molar-refractivity contribution in [3.05, 3.63) is 125 Å². The molecule has 56 heavy (non-hydrogen) atoms. The van der Waals surface area contributed by atoms with Crippen LogP contribution in [-0.2, 0) is 17.8 Å². The Morgan fingerprint density at radius 1 is 0.821 bits per heavy atom. The summed E-state index contributed by atoms with van der Waals surface area (Å²) < 4.78 is 46.1. The van der Waals surface area contributed by atoms with E-state index in [9.17, 15) is 23.2 Å². The summed E-state index contributed by atoms with van der Waals surface area (Å²) in [6, 6.07) is 21.7. The average molecular weight is 764 g/mol. The van der Waals surface area contributed by atoms with E-state index in [1.54, 1.807) is 73.8 Å². The van der Waals surface area contributed by atoms with Crippen molar-refractivity contribution in [2.24, 2.45) is 0 Å². The number of aromatic nitrogens is 2. The summed E-state index contributed by atoms with van der Waals surface area (Å²) in [5.41, 5.74) is 2.47. The molecule has 0 aliphatic carbocycles. The zero-order valence-corrected chi connectivity index (χ0v) is 30.7. The number of ether oxygens (including phenoxy) is 3. The molecule has 0 saturated carbocycles. The second-order valence-corrected chi connectivity index (χ2v) is 13.1. The summed E-state index contributed by atoms with van der Waals surface area (Å²) in [5, 5.41) is 8.86. The lowest BCUT2D eigenvalue weighted by Crippen LogP contribution is -2.41. The zero-order valence-electron chi connectivity index (χ0n) is 30.7. The van der Waals surface area contributed by atoms with Gasteiger partial charge in [-0.1, -0.05) is 6.07 Å². The van der Waals surface area contributed by atoms with Crippen molar-refractivity contribution in [2.45, 2.75) is 13.1 Å². The molecule has 0 bridgehead atoms. The number of hydrogen-bond acceptors (Lipinski definition) is 10. The second kappa shape index (κ2) is 16.9. The smallest absolute Gasteiger partial charge is 0.260 e. The third-order valence-corrected chi connectivity index (χ3v) is 9.50. The van der Waals surface area contributed by atoms with Crippen LogP contribution in [0.25, 0.3) is 11.4 Å². The van der Waals surface area contributed by atoms with E-state index >= 15 is 0 Å². The van der Waals surface area contributed by atoms with E-state index in [2.05, 4.69) is 30.8 Å². The molecule has 5 aromatic rings. The standard InChI is InChI=1S/C41H39F2N7O6/c1-54-30-15-10-27(34(22-30)55-2)23-50-24-33-36(41(50)53)38(48-37(47-33)35-31(42)4-3-5-32(35)43)45-28-11-8-26(9-12-28)40(52)46-29-13-6-25(7-14-29)39(51)44-16-17-49-18-20-56-21-19-49/h3-15,22H,16-21,23-24H2,1-2H3,(H,44,51)(H,46,52)(H,45,47,48). The predicted molar refractivity (Wildman–Crippen MR) is 204 cm³/mol. The van der Waals surface area contributed by atoms with E-state index in [0.29, 0.717) is 59.3 Å². The second-order valence-electron chi connectivity index (χ2n) is 13.1. The largest absolute Gasteiger partial charge is 0.497 e. The monoisotopic (exact) mass is 763 g/mol. The van der Waals surface area contributed by atoms with Crippen LogP contribution in [-0.4, -0.2) is 91.1 Å². The van der Waals surface area contributed by atoms with Gasteiger partial charge in [0.2, 0.25) is 0 Å². The normalized spacial score (nSPS) is 13.9. The molecule has 3 amide bonds. The van der Waals surface area contributed by atoms with Gasteiger partial charge in [0.05, 0.1) is 51.8 Å². The maximum absolute atomic E-state index is 15.0. The number of nitrogens with zero attached hydrogens (tertiary/aromatic N) is 4. The van der Waals surface area contributed by atoms with E-state index in [0.717, 1.165) is 31.8 Å². The molecule has 2 aliphatic heterocycles. The van der Waals surface area contributed by atoms with Crippen molar-refractivity contribution in [1.82, 2.24) is 25.1 Å². The predicted octanol–water partition coefficient (Wildman–Crippen LogP) is 5.65. The van der Waals surface area contributed by atoms with E-state index in [4.69, 9.17) is 14.2 Å². The van der Waals surface area contributed by atoms with E-state index in [-0.39, 0.29) is 47.8 Å². The lowest BCUT2D eigenvalue weighted by molar-refractivity contribution is 0.0383. The summed E-state index contributed by atoms with van der Waals surface area (Å²) >= 11 is 0. The number of rotatable bonds is 13. The Morgan fingerprint density at radius 3 is 2.18 bits per heavy atom. The molecule has 1 fully saturated rings. The van der Waals surface area contributed by atoms with E-state index < -0.39 is 23.1 Å². The number of amides is 3. The Morgan fingerprint density at radius 2 is 1.50 bits per heavy atom. The number of anilines is 3. The topological polar surface area (TPSA) is 147 Å². The van der Waals surface area contributed by atoms with Crippen molar-refractivity contribution in [2.75, 3.05) is 64.2 Å². The number of fused-ring (bicyclic) bond motifs is 1. The van der Waals surface area contributed by atoms with Gasteiger partial charge in [-0.05, 0) is 72.8 Å². The minimum Gasteiger partial charge on any atom is -0.497 e. The molecule has 13 nitrogen and oxygen atoms in total. The Kier molecular flexibility index (Phi) is 11.4. The van der Waals surface area contributed by atoms with Crippen LogP contribution >= 0.6 is 0 Å². The molecule has 3 heterocycles. The highest BCUT2D eigenvalue weighted by atomic mass is 19.1. The SMILES string of the molecule is COc1ccc(CN2Cc3nc(-c4c(F)cccc4F)nc(Nc4ccc(C(=O)Nc5ccc(C(=O)NCCN6CCOCC6)cc5)cc4)c3C2=O)c(OC)c1. The molecule has 4 aromatic carbocycles. The molecule has 1 saturated heterocycles. The highest BCUT2D eigenvalue weighted by Crippen LogP contribution is 2.35. The maximum Gasteiger partial charge on any atom is 0.260 e. The van der Waals surface area contributed by atoms with Crippen LogP contribution in [0.15, 0.2) is 84.9 Å². The van der Waals surface area contributed by atoms with Gasteiger partial charge in [-0.3, -0.25) is 19.3 Å². The van der Waals surface area contributed by atoms with Crippen LogP contribution in [0.1, 0.15) is 42.3 Å².